The molecular weight excluding hydrogens is 347 g/mol. The number of halogens is 1. The van der Waals surface area contributed by atoms with Crippen LogP contribution in [0.2, 0.25) is 0 Å². The van der Waals surface area contributed by atoms with Crippen molar-refractivity contribution in [1.82, 2.24) is 24.5 Å². The Bertz CT molecular complexity index is 1230. The molecule has 0 saturated heterocycles. The van der Waals surface area contributed by atoms with Crippen molar-refractivity contribution < 1.29 is 9.50 Å². The normalized spacial score (nSPS) is 13.8. The molecule has 3 heterocycles. The van der Waals surface area contributed by atoms with E-state index < -0.39 is 5.95 Å². The highest BCUT2D eigenvalue weighted by Crippen LogP contribution is 2.42. The van der Waals surface area contributed by atoms with Crippen molar-refractivity contribution in [3.8, 4) is 28.9 Å². The summed E-state index contributed by atoms with van der Waals surface area (Å²) in [5, 5.41) is 29.6. The second-order valence-corrected chi connectivity index (χ2v) is 6.52. The van der Waals surface area contributed by atoms with Gasteiger partial charge in [-0.05, 0) is 37.1 Å². The molecule has 7 nitrogen and oxygen atoms in total. The van der Waals surface area contributed by atoms with E-state index in [1.807, 2.05) is 16.8 Å². The van der Waals surface area contributed by atoms with Gasteiger partial charge in [0.05, 0.1) is 0 Å². The van der Waals surface area contributed by atoms with Crippen molar-refractivity contribution in [3.05, 3.63) is 54.4 Å². The average Bonchev–Trinajstić information content (AvgIpc) is 3.35. The quantitative estimate of drug-likeness (QED) is 0.566. The van der Waals surface area contributed by atoms with Gasteiger partial charge in [-0.3, -0.25) is 0 Å². The molecule has 1 saturated carbocycles. The molecule has 0 radical (unpaired) electrons. The third-order valence-electron chi connectivity index (χ3n) is 4.77. The number of aromatic nitrogens is 5. The second-order valence-electron chi connectivity index (χ2n) is 6.52. The number of nitriles is 1. The van der Waals surface area contributed by atoms with Gasteiger partial charge in [-0.25, -0.2) is 4.98 Å². The number of rotatable bonds is 3. The van der Waals surface area contributed by atoms with Crippen LogP contribution in [0.25, 0.3) is 27.7 Å². The lowest BCUT2D eigenvalue weighted by Crippen LogP contribution is -2.04. The molecule has 1 fully saturated rings. The van der Waals surface area contributed by atoms with Crippen LogP contribution in [0.15, 0.2) is 42.7 Å². The minimum Gasteiger partial charge on any atom is -0.494 e. The van der Waals surface area contributed by atoms with E-state index in [0.29, 0.717) is 17.3 Å². The van der Waals surface area contributed by atoms with Crippen molar-refractivity contribution in [2.75, 3.05) is 0 Å². The molecular formula is C19H13FN6O. The van der Waals surface area contributed by atoms with Gasteiger partial charge in [0.25, 0.3) is 0 Å². The minimum absolute atomic E-state index is 0.0615. The summed E-state index contributed by atoms with van der Waals surface area (Å²) in [5.41, 5.74) is 1.20. The summed E-state index contributed by atoms with van der Waals surface area (Å²) >= 11 is 0. The highest BCUT2D eigenvalue weighted by Gasteiger charge is 2.27. The first-order valence-electron chi connectivity index (χ1n) is 8.48. The standard InChI is InChI=1S/C19H13FN6O/c20-18-15(2-1-7-22-18)26-16(9-21)17(23-24-26)11-3-6-14-12(8-11)10-25(19(14)27)13-4-5-13/h1-3,6-8,10,13,27H,4-5H2. The molecule has 3 aromatic heterocycles. The van der Waals surface area contributed by atoms with E-state index in [1.165, 1.54) is 12.3 Å². The molecule has 4 aromatic rings. The number of benzene rings is 1. The zero-order chi connectivity index (χ0) is 18.5. The van der Waals surface area contributed by atoms with E-state index in [0.717, 1.165) is 28.3 Å². The van der Waals surface area contributed by atoms with Gasteiger partial charge in [-0.1, -0.05) is 11.3 Å². The van der Waals surface area contributed by atoms with Gasteiger partial charge in [0.2, 0.25) is 5.95 Å². The Morgan fingerprint density at radius 3 is 2.85 bits per heavy atom. The van der Waals surface area contributed by atoms with Crippen molar-refractivity contribution in [2.24, 2.45) is 0 Å². The van der Waals surface area contributed by atoms with E-state index in [9.17, 15) is 14.8 Å². The fourth-order valence-corrected chi connectivity index (χ4v) is 3.28. The summed E-state index contributed by atoms with van der Waals surface area (Å²) in [7, 11) is 0. The maximum Gasteiger partial charge on any atom is 0.238 e. The van der Waals surface area contributed by atoms with Crippen LogP contribution in [0.1, 0.15) is 24.6 Å². The number of fused-ring (bicyclic) bond motifs is 1. The van der Waals surface area contributed by atoms with Gasteiger partial charge in [0.1, 0.15) is 17.5 Å². The van der Waals surface area contributed by atoms with Crippen LogP contribution in [0.3, 0.4) is 0 Å². The molecule has 0 unspecified atom stereocenters. The molecule has 5 rings (SSSR count). The number of pyridine rings is 1. The van der Waals surface area contributed by atoms with Gasteiger partial charge in [0.15, 0.2) is 11.6 Å². The molecule has 1 N–H and O–H groups in total. The van der Waals surface area contributed by atoms with Crippen molar-refractivity contribution in [1.29, 1.82) is 5.26 Å². The molecule has 132 valence electrons. The summed E-state index contributed by atoms with van der Waals surface area (Å²) in [5.74, 6) is -0.479. The van der Waals surface area contributed by atoms with E-state index in [2.05, 4.69) is 21.4 Å². The van der Waals surface area contributed by atoms with Gasteiger partial charge < -0.3 is 9.67 Å². The number of nitrogens with zero attached hydrogens (tertiary/aromatic N) is 6. The second kappa shape index (κ2) is 5.64. The Morgan fingerprint density at radius 2 is 2.11 bits per heavy atom. The zero-order valence-corrected chi connectivity index (χ0v) is 14.0. The van der Waals surface area contributed by atoms with Crippen molar-refractivity contribution >= 4 is 10.8 Å². The van der Waals surface area contributed by atoms with Gasteiger partial charge in [0, 0.05) is 34.8 Å². The fraction of sp³-hybridized carbons (Fsp3) is 0.158. The number of aromatic hydroxyl groups is 1. The lowest BCUT2D eigenvalue weighted by Gasteiger charge is -2.03. The maximum absolute atomic E-state index is 14.0. The van der Waals surface area contributed by atoms with Crippen LogP contribution in [0.4, 0.5) is 4.39 Å². The van der Waals surface area contributed by atoms with E-state index in [1.54, 1.807) is 18.2 Å². The lowest BCUT2D eigenvalue weighted by atomic mass is 10.1. The van der Waals surface area contributed by atoms with Crippen LogP contribution in [0, 0.1) is 17.3 Å². The highest BCUT2D eigenvalue weighted by molar-refractivity contribution is 5.91. The van der Waals surface area contributed by atoms with E-state index >= 15 is 0 Å². The minimum atomic E-state index is -0.729. The van der Waals surface area contributed by atoms with Crippen LogP contribution in [-0.4, -0.2) is 29.7 Å². The average molecular weight is 360 g/mol. The van der Waals surface area contributed by atoms with E-state index in [4.69, 9.17) is 0 Å². The predicted molar refractivity (Wildman–Crippen MR) is 94.7 cm³/mol. The first-order chi connectivity index (χ1) is 13.2. The Hall–Kier alpha value is -3.73. The van der Waals surface area contributed by atoms with Gasteiger partial charge >= 0.3 is 0 Å². The molecule has 8 heteroatoms. The van der Waals surface area contributed by atoms with Crippen molar-refractivity contribution in [3.63, 3.8) is 0 Å². The van der Waals surface area contributed by atoms with Crippen LogP contribution in [-0.2, 0) is 0 Å². The van der Waals surface area contributed by atoms with Crippen molar-refractivity contribution in [2.45, 2.75) is 18.9 Å². The third kappa shape index (κ3) is 2.36. The molecule has 27 heavy (non-hydrogen) atoms. The number of hydrogen-bond donors (Lipinski definition) is 1. The van der Waals surface area contributed by atoms with Crippen LogP contribution in [0.5, 0.6) is 5.88 Å². The van der Waals surface area contributed by atoms with Crippen LogP contribution < -0.4 is 0 Å². The predicted octanol–water partition coefficient (Wildman–Crippen LogP) is 3.34. The Balaban J connectivity index is 1.65. The van der Waals surface area contributed by atoms with Crippen LogP contribution >= 0.6 is 0 Å². The Labute approximate surface area is 152 Å². The summed E-state index contributed by atoms with van der Waals surface area (Å²) in [4.78, 5) is 3.59. The molecule has 0 amide bonds. The highest BCUT2D eigenvalue weighted by atomic mass is 19.1. The van der Waals surface area contributed by atoms with Gasteiger partial charge in [-0.2, -0.15) is 14.3 Å². The molecule has 0 spiro atoms. The van der Waals surface area contributed by atoms with Gasteiger partial charge in [-0.15, -0.1) is 5.10 Å². The molecule has 1 aliphatic rings. The largest absolute Gasteiger partial charge is 0.494 e. The summed E-state index contributed by atoms with van der Waals surface area (Å²) in [6.45, 7) is 0. The number of hydrogen-bond acceptors (Lipinski definition) is 5. The molecule has 0 bridgehead atoms. The molecule has 0 atom stereocenters. The monoisotopic (exact) mass is 360 g/mol. The Morgan fingerprint density at radius 1 is 1.26 bits per heavy atom. The maximum atomic E-state index is 14.0. The first-order valence-corrected chi connectivity index (χ1v) is 8.48. The third-order valence-corrected chi connectivity index (χ3v) is 4.77. The molecule has 0 aliphatic heterocycles. The summed E-state index contributed by atoms with van der Waals surface area (Å²) in [6.07, 6.45) is 5.35. The summed E-state index contributed by atoms with van der Waals surface area (Å²) < 4.78 is 17.0. The zero-order valence-electron chi connectivity index (χ0n) is 14.0. The fourth-order valence-electron chi connectivity index (χ4n) is 3.28. The Kier molecular flexibility index (Phi) is 3.24. The SMILES string of the molecule is N#Cc1c(-c2ccc3c(O)n(C4CC4)cc3c2)nnn1-c1cccnc1F. The molecule has 1 aliphatic carbocycles. The summed E-state index contributed by atoms with van der Waals surface area (Å²) in [6, 6.07) is 10.9. The lowest BCUT2D eigenvalue weighted by molar-refractivity contribution is 0.424. The topological polar surface area (TPSA) is 92.5 Å². The smallest absolute Gasteiger partial charge is 0.238 e. The first kappa shape index (κ1) is 15.5. The molecule has 1 aromatic carbocycles. The van der Waals surface area contributed by atoms with E-state index in [-0.39, 0.29) is 17.3 Å².